The molecule has 1 amide bonds. The lowest BCUT2D eigenvalue weighted by Gasteiger charge is -2.11. The first-order chi connectivity index (χ1) is 9.58. The number of hydrogen-bond donors (Lipinski definition) is 2. The molecular weight excluding hydrogens is 254 g/mol. The summed E-state index contributed by atoms with van der Waals surface area (Å²) in [5.41, 5.74) is 1.83. The summed E-state index contributed by atoms with van der Waals surface area (Å²) < 4.78 is 5.10. The van der Waals surface area contributed by atoms with E-state index in [9.17, 15) is 9.90 Å². The second kappa shape index (κ2) is 6.09. The van der Waals surface area contributed by atoms with Crippen molar-refractivity contribution in [3.8, 4) is 5.75 Å². The number of amides is 1. The molecule has 0 aromatic heterocycles. The number of methoxy groups -OCH3 is 1. The number of allylic oxidation sites excluding steroid dienone is 1. The van der Waals surface area contributed by atoms with Crippen LogP contribution in [0.3, 0.4) is 0 Å². The van der Waals surface area contributed by atoms with Gasteiger partial charge in [-0.15, -0.1) is 0 Å². The van der Waals surface area contributed by atoms with Crippen LogP contribution >= 0.6 is 0 Å². The first-order valence-corrected chi connectivity index (χ1v) is 6.80. The van der Waals surface area contributed by atoms with Crippen molar-refractivity contribution >= 4 is 11.5 Å². The number of aliphatic hydroxyl groups is 1. The van der Waals surface area contributed by atoms with Crippen LogP contribution in [0.5, 0.6) is 5.75 Å². The number of rotatable bonds is 6. The third kappa shape index (κ3) is 3.61. The Hall–Kier alpha value is -1.81. The molecule has 2 rings (SSSR count). The fourth-order valence-corrected chi connectivity index (χ4v) is 2.03. The molecule has 1 saturated carbocycles. The van der Waals surface area contributed by atoms with Crippen molar-refractivity contribution in [1.29, 1.82) is 0 Å². The fourth-order valence-electron chi connectivity index (χ4n) is 2.03. The van der Waals surface area contributed by atoms with E-state index in [0.717, 1.165) is 29.7 Å². The van der Waals surface area contributed by atoms with Crippen molar-refractivity contribution in [1.82, 2.24) is 5.32 Å². The standard InChI is InChI=1S/C16H21NO3/c1-12(13-3-5-14(20-2)6-4-13)9-15(19)17-10-16(11-18)7-8-16/h3-6,9,18H,7-8,10-11H2,1-2H3,(H,17,19)/b12-9+. The van der Waals surface area contributed by atoms with Crippen molar-refractivity contribution in [2.75, 3.05) is 20.3 Å². The first-order valence-electron chi connectivity index (χ1n) is 6.80. The number of nitrogens with one attached hydrogen (secondary N) is 1. The van der Waals surface area contributed by atoms with Gasteiger partial charge >= 0.3 is 0 Å². The van der Waals surface area contributed by atoms with Gasteiger partial charge in [-0.25, -0.2) is 0 Å². The third-order valence-corrected chi connectivity index (χ3v) is 3.82. The minimum absolute atomic E-state index is 0.0580. The number of aliphatic hydroxyl groups excluding tert-OH is 1. The molecule has 0 saturated heterocycles. The molecule has 1 aliphatic rings. The third-order valence-electron chi connectivity index (χ3n) is 3.82. The highest BCUT2D eigenvalue weighted by Crippen LogP contribution is 2.44. The summed E-state index contributed by atoms with van der Waals surface area (Å²) in [5.74, 6) is 0.683. The Labute approximate surface area is 119 Å². The van der Waals surface area contributed by atoms with E-state index in [1.165, 1.54) is 0 Å². The zero-order chi connectivity index (χ0) is 14.6. The highest BCUT2D eigenvalue weighted by Gasteiger charge is 2.41. The predicted octanol–water partition coefficient (Wildman–Crippen LogP) is 1.99. The summed E-state index contributed by atoms with van der Waals surface area (Å²) in [7, 11) is 1.63. The van der Waals surface area contributed by atoms with Gasteiger partial charge in [0.2, 0.25) is 5.91 Å². The lowest BCUT2D eigenvalue weighted by Crippen LogP contribution is -2.30. The van der Waals surface area contributed by atoms with Gasteiger partial charge in [-0.2, -0.15) is 0 Å². The molecule has 0 spiro atoms. The largest absolute Gasteiger partial charge is 0.497 e. The maximum Gasteiger partial charge on any atom is 0.244 e. The summed E-state index contributed by atoms with van der Waals surface area (Å²) >= 11 is 0. The van der Waals surface area contributed by atoms with E-state index in [1.807, 2.05) is 31.2 Å². The maximum atomic E-state index is 11.8. The molecule has 1 fully saturated rings. The molecule has 0 unspecified atom stereocenters. The van der Waals surface area contributed by atoms with Gasteiger partial charge < -0.3 is 15.2 Å². The van der Waals surface area contributed by atoms with Crippen LogP contribution in [0, 0.1) is 5.41 Å². The Bertz CT molecular complexity index is 501. The van der Waals surface area contributed by atoms with Crippen molar-refractivity contribution in [2.45, 2.75) is 19.8 Å². The number of carbonyl (C=O) groups is 1. The van der Waals surface area contributed by atoms with Crippen molar-refractivity contribution in [2.24, 2.45) is 5.41 Å². The Morgan fingerprint density at radius 3 is 2.55 bits per heavy atom. The molecular formula is C16H21NO3. The summed E-state index contributed by atoms with van der Waals surface area (Å²) in [5, 5.41) is 12.1. The number of ether oxygens (including phenoxy) is 1. The smallest absolute Gasteiger partial charge is 0.244 e. The number of hydrogen-bond acceptors (Lipinski definition) is 3. The normalized spacial score (nSPS) is 16.6. The van der Waals surface area contributed by atoms with E-state index >= 15 is 0 Å². The SMILES string of the molecule is COc1ccc(/C(C)=C/C(=O)NCC2(CO)CC2)cc1. The molecule has 1 aromatic rings. The van der Waals surface area contributed by atoms with Gasteiger partial charge in [-0.05, 0) is 43.0 Å². The van der Waals surface area contributed by atoms with Gasteiger partial charge in [-0.3, -0.25) is 4.79 Å². The molecule has 0 atom stereocenters. The Balaban J connectivity index is 1.92. The van der Waals surface area contributed by atoms with Crippen molar-refractivity contribution in [3.63, 3.8) is 0 Å². The average Bonchev–Trinajstić information content (AvgIpc) is 3.26. The van der Waals surface area contributed by atoms with E-state index in [4.69, 9.17) is 4.74 Å². The zero-order valence-electron chi connectivity index (χ0n) is 12.0. The molecule has 1 aromatic carbocycles. The molecule has 4 heteroatoms. The summed E-state index contributed by atoms with van der Waals surface area (Å²) in [6.07, 6.45) is 3.57. The predicted molar refractivity (Wildman–Crippen MR) is 78.4 cm³/mol. The Morgan fingerprint density at radius 1 is 1.40 bits per heavy atom. The highest BCUT2D eigenvalue weighted by atomic mass is 16.5. The van der Waals surface area contributed by atoms with Crippen LogP contribution in [0.2, 0.25) is 0 Å². The minimum atomic E-state index is -0.113. The van der Waals surface area contributed by atoms with Crippen LogP contribution < -0.4 is 10.1 Å². The highest BCUT2D eigenvalue weighted by molar-refractivity contribution is 5.94. The monoisotopic (exact) mass is 275 g/mol. The Morgan fingerprint density at radius 2 is 2.05 bits per heavy atom. The Kier molecular flexibility index (Phi) is 4.45. The molecule has 2 N–H and O–H groups in total. The first kappa shape index (κ1) is 14.6. The van der Waals surface area contributed by atoms with Crippen molar-refractivity contribution in [3.05, 3.63) is 35.9 Å². The summed E-state index contributed by atoms with van der Waals surface area (Å²) in [6.45, 7) is 2.60. The molecule has 0 aliphatic heterocycles. The van der Waals surface area contributed by atoms with Crippen LogP contribution in [0.1, 0.15) is 25.3 Å². The second-order valence-electron chi connectivity index (χ2n) is 5.43. The molecule has 108 valence electrons. The van der Waals surface area contributed by atoms with E-state index in [0.29, 0.717) is 6.54 Å². The average molecular weight is 275 g/mol. The number of carbonyl (C=O) groups excluding carboxylic acids is 1. The van der Waals surface area contributed by atoms with Crippen LogP contribution in [-0.4, -0.2) is 31.3 Å². The van der Waals surface area contributed by atoms with E-state index < -0.39 is 0 Å². The molecule has 20 heavy (non-hydrogen) atoms. The lowest BCUT2D eigenvalue weighted by molar-refractivity contribution is -0.116. The topological polar surface area (TPSA) is 58.6 Å². The summed E-state index contributed by atoms with van der Waals surface area (Å²) in [4.78, 5) is 11.8. The van der Waals surface area contributed by atoms with Gasteiger partial charge in [0.05, 0.1) is 13.7 Å². The maximum absolute atomic E-state index is 11.8. The fraction of sp³-hybridized carbons (Fsp3) is 0.438. The summed E-state index contributed by atoms with van der Waals surface area (Å²) in [6, 6.07) is 7.59. The van der Waals surface area contributed by atoms with Gasteiger partial charge in [0.1, 0.15) is 5.75 Å². The van der Waals surface area contributed by atoms with Gasteiger partial charge in [0, 0.05) is 18.0 Å². The van der Waals surface area contributed by atoms with Crippen LogP contribution in [0.25, 0.3) is 5.57 Å². The van der Waals surface area contributed by atoms with E-state index in [2.05, 4.69) is 5.32 Å². The molecule has 4 nitrogen and oxygen atoms in total. The minimum Gasteiger partial charge on any atom is -0.497 e. The molecule has 0 bridgehead atoms. The van der Waals surface area contributed by atoms with E-state index in [1.54, 1.807) is 13.2 Å². The molecule has 1 aliphatic carbocycles. The van der Waals surface area contributed by atoms with Crippen LogP contribution in [-0.2, 0) is 4.79 Å². The quantitative estimate of drug-likeness (QED) is 0.781. The van der Waals surface area contributed by atoms with Gasteiger partial charge in [0.25, 0.3) is 0 Å². The van der Waals surface area contributed by atoms with E-state index in [-0.39, 0.29) is 17.9 Å². The zero-order valence-corrected chi connectivity index (χ0v) is 12.0. The number of benzene rings is 1. The molecule has 0 heterocycles. The van der Waals surface area contributed by atoms with Crippen molar-refractivity contribution < 1.29 is 14.6 Å². The lowest BCUT2D eigenvalue weighted by atomic mass is 10.1. The second-order valence-corrected chi connectivity index (χ2v) is 5.43. The van der Waals surface area contributed by atoms with Gasteiger partial charge in [-0.1, -0.05) is 12.1 Å². The molecule has 0 radical (unpaired) electrons. The van der Waals surface area contributed by atoms with Gasteiger partial charge in [0.15, 0.2) is 0 Å². The van der Waals surface area contributed by atoms with Crippen LogP contribution in [0.4, 0.5) is 0 Å². The van der Waals surface area contributed by atoms with Crippen LogP contribution in [0.15, 0.2) is 30.3 Å².